The lowest BCUT2D eigenvalue weighted by atomic mass is 9.90. The second-order valence-electron chi connectivity index (χ2n) is 12.7. The zero-order valence-electron chi connectivity index (χ0n) is 26.8. The van der Waals surface area contributed by atoms with Crippen LogP contribution in [0.2, 0.25) is 0 Å². The van der Waals surface area contributed by atoms with Crippen molar-refractivity contribution in [3.63, 3.8) is 0 Å². The highest BCUT2D eigenvalue weighted by Crippen LogP contribution is 2.33. The summed E-state index contributed by atoms with van der Waals surface area (Å²) in [6, 6.07) is 5.91. The van der Waals surface area contributed by atoms with E-state index in [4.69, 9.17) is 18.7 Å². The standard InChI is InChI=1S/C33H45N5O8/c1-21-16-28(46-37-21)32(42)36-27(19-38-12-14-44-15-13-38)31(41)35-26(18-23-8-10-24(43-3)11-9-23)30(40)34-25(17-22-6-4-5-7-22)29(39)33(2)20-45-33/h8-11,16,22,25-27H,4-7,12-15,17-20H2,1-3H3,(H,34,40)(H,35,41)(H,36,42)/t25-,26-,27-,33+/m0/s1. The number of rotatable bonds is 15. The van der Waals surface area contributed by atoms with E-state index in [0.29, 0.717) is 56.7 Å². The predicted molar refractivity (Wildman–Crippen MR) is 166 cm³/mol. The number of aryl methyl sites for hydroxylation is 1. The zero-order valence-corrected chi connectivity index (χ0v) is 26.8. The van der Waals surface area contributed by atoms with Crippen LogP contribution in [0.5, 0.6) is 5.75 Å². The van der Waals surface area contributed by atoms with Gasteiger partial charge in [-0.2, -0.15) is 0 Å². The number of aromatic nitrogens is 1. The summed E-state index contributed by atoms with van der Waals surface area (Å²) in [5.74, 6) is -0.794. The Bertz CT molecular complexity index is 1360. The highest BCUT2D eigenvalue weighted by molar-refractivity contribution is 5.99. The summed E-state index contributed by atoms with van der Waals surface area (Å²) >= 11 is 0. The van der Waals surface area contributed by atoms with Gasteiger partial charge >= 0.3 is 0 Å². The average Bonchev–Trinajstić information content (AvgIpc) is 3.38. The Hall–Kier alpha value is -3.81. The van der Waals surface area contributed by atoms with Gasteiger partial charge in [-0.05, 0) is 43.9 Å². The van der Waals surface area contributed by atoms with E-state index in [1.807, 2.05) is 17.0 Å². The van der Waals surface area contributed by atoms with Crippen LogP contribution in [-0.2, 0) is 30.3 Å². The van der Waals surface area contributed by atoms with Crippen LogP contribution in [0.4, 0.5) is 0 Å². The SMILES string of the molecule is COc1ccc(C[C@H](NC(=O)[C@H](CN2CCOCC2)NC(=O)c2cc(C)no2)C(=O)N[C@@H](CC2CCCC2)C(=O)[C@@]2(C)CO2)cc1. The molecule has 13 heteroatoms. The third kappa shape index (κ3) is 8.92. The van der Waals surface area contributed by atoms with E-state index in [-0.39, 0.29) is 24.5 Å². The molecule has 0 bridgehead atoms. The number of methoxy groups -OCH3 is 1. The molecule has 0 radical (unpaired) electrons. The molecule has 5 rings (SSSR count). The summed E-state index contributed by atoms with van der Waals surface area (Å²) in [4.78, 5) is 56.5. The third-order valence-electron chi connectivity index (χ3n) is 9.03. The minimum Gasteiger partial charge on any atom is -0.497 e. The summed E-state index contributed by atoms with van der Waals surface area (Å²) < 4.78 is 21.3. The monoisotopic (exact) mass is 639 g/mol. The van der Waals surface area contributed by atoms with Gasteiger partial charge in [0, 0.05) is 32.1 Å². The Balaban J connectivity index is 1.36. The Morgan fingerprint density at radius 1 is 1.00 bits per heavy atom. The summed E-state index contributed by atoms with van der Waals surface area (Å²) in [6.07, 6.45) is 4.91. The summed E-state index contributed by atoms with van der Waals surface area (Å²) in [7, 11) is 1.57. The van der Waals surface area contributed by atoms with Gasteiger partial charge in [-0.25, -0.2) is 0 Å². The molecular weight excluding hydrogens is 594 g/mol. The molecular formula is C33H45N5O8. The number of hydrogen-bond donors (Lipinski definition) is 3. The lowest BCUT2D eigenvalue weighted by Crippen LogP contribution is -2.59. The van der Waals surface area contributed by atoms with E-state index in [9.17, 15) is 19.2 Å². The van der Waals surface area contributed by atoms with Crippen LogP contribution in [0.15, 0.2) is 34.9 Å². The molecule has 3 amide bonds. The number of ketones is 1. The molecule has 3 aliphatic rings. The van der Waals surface area contributed by atoms with Gasteiger partial charge in [0.25, 0.3) is 5.91 Å². The molecule has 2 aliphatic heterocycles. The number of benzene rings is 1. The number of epoxide rings is 1. The van der Waals surface area contributed by atoms with Gasteiger partial charge in [0.1, 0.15) is 23.4 Å². The van der Waals surface area contributed by atoms with Crippen molar-refractivity contribution in [1.82, 2.24) is 26.0 Å². The molecule has 3 N–H and O–H groups in total. The van der Waals surface area contributed by atoms with E-state index < -0.39 is 41.4 Å². The van der Waals surface area contributed by atoms with E-state index >= 15 is 0 Å². The van der Waals surface area contributed by atoms with Gasteiger partial charge in [0.2, 0.25) is 17.6 Å². The van der Waals surface area contributed by atoms with Crippen LogP contribution in [0, 0.1) is 12.8 Å². The molecule has 2 aromatic rings. The molecule has 250 valence electrons. The molecule has 4 atom stereocenters. The fourth-order valence-corrected chi connectivity index (χ4v) is 6.12. The van der Waals surface area contributed by atoms with Crippen molar-refractivity contribution >= 4 is 23.5 Å². The first-order valence-electron chi connectivity index (χ1n) is 16.1. The molecule has 1 aromatic heterocycles. The van der Waals surface area contributed by atoms with Gasteiger partial charge in [-0.3, -0.25) is 24.1 Å². The molecule has 46 heavy (non-hydrogen) atoms. The molecule has 13 nitrogen and oxygen atoms in total. The van der Waals surface area contributed by atoms with E-state index in [1.165, 1.54) is 6.07 Å². The molecule has 3 fully saturated rings. The van der Waals surface area contributed by atoms with Crippen LogP contribution in [0.1, 0.15) is 60.8 Å². The Labute approximate surface area is 269 Å². The summed E-state index contributed by atoms with van der Waals surface area (Å²) in [5, 5.41) is 12.4. The second-order valence-corrected chi connectivity index (χ2v) is 12.7. The molecule has 0 spiro atoms. The van der Waals surface area contributed by atoms with Gasteiger partial charge in [0.15, 0.2) is 5.78 Å². The quantitative estimate of drug-likeness (QED) is 0.244. The molecule has 3 heterocycles. The Morgan fingerprint density at radius 3 is 2.26 bits per heavy atom. The van der Waals surface area contributed by atoms with Crippen LogP contribution < -0.4 is 20.7 Å². The minimum atomic E-state index is -1.04. The highest BCUT2D eigenvalue weighted by atomic mass is 16.6. The number of carbonyl (C=O) groups is 4. The van der Waals surface area contributed by atoms with Crippen LogP contribution in [-0.4, -0.2) is 104 Å². The van der Waals surface area contributed by atoms with Gasteiger partial charge in [-0.1, -0.05) is 43.0 Å². The number of nitrogens with zero attached hydrogens (tertiary/aromatic N) is 2. The fraction of sp³-hybridized carbons (Fsp3) is 0.606. The maximum Gasteiger partial charge on any atom is 0.290 e. The minimum absolute atomic E-state index is 0.0196. The van der Waals surface area contributed by atoms with Gasteiger partial charge < -0.3 is 34.7 Å². The Kier molecular flexibility index (Phi) is 11.1. The number of ether oxygens (including phenoxy) is 3. The third-order valence-corrected chi connectivity index (χ3v) is 9.03. The molecule has 1 saturated carbocycles. The first-order chi connectivity index (χ1) is 22.1. The first-order valence-corrected chi connectivity index (χ1v) is 16.1. The molecule has 0 unspecified atom stereocenters. The second kappa shape index (κ2) is 15.2. The number of nitrogens with one attached hydrogen (secondary N) is 3. The van der Waals surface area contributed by atoms with E-state index in [1.54, 1.807) is 33.1 Å². The number of carbonyl (C=O) groups excluding carboxylic acids is 4. The normalized spacial score (nSPS) is 22.0. The number of morpholine rings is 1. The van der Waals surface area contributed by atoms with E-state index in [0.717, 1.165) is 31.2 Å². The van der Waals surface area contributed by atoms with Crippen LogP contribution >= 0.6 is 0 Å². The van der Waals surface area contributed by atoms with Crippen LogP contribution in [0.25, 0.3) is 0 Å². The molecule has 2 saturated heterocycles. The zero-order chi connectivity index (χ0) is 32.7. The van der Waals surface area contributed by atoms with Crippen molar-refractivity contribution in [2.24, 2.45) is 5.92 Å². The van der Waals surface area contributed by atoms with Crippen molar-refractivity contribution in [2.75, 3.05) is 46.6 Å². The van der Waals surface area contributed by atoms with Crippen LogP contribution in [0.3, 0.4) is 0 Å². The summed E-state index contributed by atoms with van der Waals surface area (Å²) in [6.45, 7) is 6.14. The van der Waals surface area contributed by atoms with Crippen molar-refractivity contribution in [3.05, 3.63) is 47.3 Å². The topological polar surface area (TPSA) is 165 Å². The number of Topliss-reactive ketones (excluding diaryl/α,β-unsaturated/α-hetero) is 1. The van der Waals surface area contributed by atoms with Gasteiger partial charge in [0.05, 0.1) is 38.7 Å². The number of amides is 3. The first kappa shape index (κ1) is 33.6. The van der Waals surface area contributed by atoms with Crippen molar-refractivity contribution in [3.8, 4) is 5.75 Å². The van der Waals surface area contributed by atoms with Crippen molar-refractivity contribution in [2.45, 2.75) is 76.1 Å². The smallest absolute Gasteiger partial charge is 0.290 e. The summed E-state index contributed by atoms with van der Waals surface area (Å²) in [5.41, 5.74) is 0.406. The highest BCUT2D eigenvalue weighted by Gasteiger charge is 2.50. The van der Waals surface area contributed by atoms with E-state index in [2.05, 4.69) is 21.1 Å². The lowest BCUT2D eigenvalue weighted by Gasteiger charge is -2.31. The Morgan fingerprint density at radius 2 is 1.65 bits per heavy atom. The predicted octanol–water partition coefficient (Wildman–Crippen LogP) is 1.57. The molecule has 1 aliphatic carbocycles. The lowest BCUT2D eigenvalue weighted by molar-refractivity contribution is -0.133. The maximum atomic E-state index is 14.0. The average molecular weight is 640 g/mol. The fourth-order valence-electron chi connectivity index (χ4n) is 6.12. The van der Waals surface area contributed by atoms with Crippen molar-refractivity contribution < 1.29 is 37.9 Å². The number of hydrogen-bond acceptors (Lipinski definition) is 10. The molecule has 1 aromatic carbocycles. The maximum absolute atomic E-state index is 14.0. The largest absolute Gasteiger partial charge is 0.497 e. The van der Waals surface area contributed by atoms with Gasteiger partial charge in [-0.15, -0.1) is 0 Å². The van der Waals surface area contributed by atoms with Crippen molar-refractivity contribution in [1.29, 1.82) is 0 Å².